The van der Waals surface area contributed by atoms with Crippen molar-refractivity contribution >= 4 is 32.6 Å². The Kier molecular flexibility index (Phi) is 8.15. The molecule has 2 aliphatic rings. The normalized spacial score (nSPS) is 14.4. The summed E-state index contributed by atoms with van der Waals surface area (Å²) in [5.41, 5.74) is 22.8. The minimum absolute atomic E-state index is 0.346. The van der Waals surface area contributed by atoms with Crippen LogP contribution in [0.2, 0.25) is 0 Å². The molecule has 0 fully saturated rings. The van der Waals surface area contributed by atoms with Crippen molar-refractivity contribution in [3.8, 4) is 83.8 Å². The van der Waals surface area contributed by atoms with Crippen molar-refractivity contribution in [2.45, 2.75) is 12.3 Å². The quantitative estimate of drug-likeness (QED) is 0.158. The zero-order valence-corrected chi connectivity index (χ0v) is 36.9. The molecular formula is C65H42N2. The molecule has 14 rings (SSSR count). The van der Waals surface area contributed by atoms with Crippen molar-refractivity contribution < 1.29 is 0 Å². The second-order valence-corrected chi connectivity index (χ2v) is 18.3. The molecule has 0 radical (unpaired) electrons. The van der Waals surface area contributed by atoms with Gasteiger partial charge < -0.3 is 0 Å². The molecule has 1 aromatic heterocycles. The molecule has 0 saturated carbocycles. The smallest absolute Gasteiger partial charge is 0.145 e. The first-order valence-corrected chi connectivity index (χ1v) is 23.3. The van der Waals surface area contributed by atoms with Crippen LogP contribution in [0.4, 0.5) is 0 Å². The van der Waals surface area contributed by atoms with E-state index in [1.807, 2.05) is 0 Å². The van der Waals surface area contributed by atoms with Crippen LogP contribution in [0.25, 0.3) is 116 Å². The maximum Gasteiger partial charge on any atom is 0.145 e. The SMILES string of the molecule is CC12c3cccc(c3)-c3ccccc3-c3c4cc(-c5ccc(-c6nc7ccccc7n6-c6ccccc6)cc5)ccc4c(-c4ccccc4-c4ccccc4)c4cc(c1cc34)-c1ccccc12. The zero-order valence-electron chi connectivity index (χ0n) is 36.9. The summed E-state index contributed by atoms with van der Waals surface area (Å²) in [5, 5.41) is 5.01. The molecule has 0 spiro atoms. The number of hydrogen-bond donors (Lipinski definition) is 0. The molecule has 0 N–H and O–H groups in total. The maximum atomic E-state index is 5.19. The van der Waals surface area contributed by atoms with Gasteiger partial charge in [0.05, 0.1) is 11.0 Å². The van der Waals surface area contributed by atoms with Crippen LogP contribution in [0, 0.1) is 0 Å². The summed E-state index contributed by atoms with van der Waals surface area (Å²) in [6.07, 6.45) is 0. The highest BCUT2D eigenvalue weighted by molar-refractivity contribution is 6.25. The second kappa shape index (κ2) is 14.5. The Bertz CT molecular complexity index is 3970. The summed E-state index contributed by atoms with van der Waals surface area (Å²) in [5.74, 6) is 0.928. The van der Waals surface area contributed by atoms with Crippen LogP contribution in [-0.2, 0) is 5.41 Å². The molecule has 4 bridgehead atoms. The van der Waals surface area contributed by atoms with E-state index in [0.29, 0.717) is 0 Å². The minimum atomic E-state index is -0.346. The Balaban J connectivity index is 1.07. The van der Waals surface area contributed by atoms with Crippen LogP contribution in [-0.4, -0.2) is 9.55 Å². The number of rotatable bonds is 5. The molecule has 1 unspecified atom stereocenters. The molecule has 11 aromatic carbocycles. The molecule has 12 aromatic rings. The summed E-state index contributed by atoms with van der Waals surface area (Å²) in [7, 11) is 0. The van der Waals surface area contributed by atoms with E-state index in [0.717, 1.165) is 33.7 Å². The van der Waals surface area contributed by atoms with Crippen LogP contribution in [0.15, 0.2) is 237 Å². The van der Waals surface area contributed by atoms with Crippen LogP contribution in [0.3, 0.4) is 0 Å². The third kappa shape index (κ3) is 5.54. The van der Waals surface area contributed by atoms with Crippen LogP contribution in [0.5, 0.6) is 0 Å². The molecule has 0 amide bonds. The number of fused-ring (bicyclic) bond motifs is 12. The first-order valence-electron chi connectivity index (χ1n) is 23.3. The van der Waals surface area contributed by atoms with Gasteiger partial charge in [-0.05, 0) is 160 Å². The van der Waals surface area contributed by atoms with E-state index < -0.39 is 0 Å². The summed E-state index contributed by atoms with van der Waals surface area (Å²) in [6, 6.07) is 87.7. The number of para-hydroxylation sites is 3. The van der Waals surface area contributed by atoms with Gasteiger partial charge in [-0.25, -0.2) is 4.98 Å². The molecular weight excluding hydrogens is 809 g/mol. The van der Waals surface area contributed by atoms with E-state index in [2.05, 4.69) is 248 Å². The van der Waals surface area contributed by atoms with E-state index >= 15 is 0 Å². The van der Waals surface area contributed by atoms with E-state index in [1.165, 1.54) is 99.4 Å². The maximum absolute atomic E-state index is 5.19. The predicted octanol–water partition coefficient (Wildman–Crippen LogP) is 17.0. The number of nitrogens with zero attached hydrogens (tertiary/aromatic N) is 2. The van der Waals surface area contributed by atoms with E-state index in [9.17, 15) is 0 Å². The van der Waals surface area contributed by atoms with Crippen LogP contribution >= 0.6 is 0 Å². The minimum Gasteiger partial charge on any atom is -0.292 e. The van der Waals surface area contributed by atoms with Crippen molar-refractivity contribution in [1.29, 1.82) is 0 Å². The second-order valence-electron chi connectivity index (χ2n) is 18.3. The Hall–Kier alpha value is -8.59. The average molecular weight is 851 g/mol. The van der Waals surface area contributed by atoms with E-state index in [4.69, 9.17) is 4.98 Å². The van der Waals surface area contributed by atoms with Gasteiger partial charge in [-0.3, -0.25) is 4.57 Å². The summed E-state index contributed by atoms with van der Waals surface area (Å²) in [4.78, 5) is 5.19. The number of hydrogen-bond acceptors (Lipinski definition) is 1. The van der Waals surface area contributed by atoms with Gasteiger partial charge >= 0.3 is 0 Å². The van der Waals surface area contributed by atoms with Crippen LogP contribution in [0.1, 0.15) is 23.6 Å². The fourth-order valence-electron chi connectivity index (χ4n) is 11.7. The number of aromatic nitrogens is 2. The number of benzene rings is 11. The third-order valence-corrected chi connectivity index (χ3v) is 14.8. The molecule has 0 saturated heterocycles. The monoisotopic (exact) mass is 850 g/mol. The van der Waals surface area contributed by atoms with Gasteiger partial charge in [0.1, 0.15) is 5.82 Å². The molecule has 2 aliphatic carbocycles. The molecule has 1 heterocycles. The van der Waals surface area contributed by atoms with Crippen molar-refractivity contribution in [2.75, 3.05) is 0 Å². The highest BCUT2D eigenvalue weighted by atomic mass is 15.1. The number of imidazole rings is 1. The Morgan fingerprint density at radius 2 is 0.910 bits per heavy atom. The molecule has 1 atom stereocenters. The third-order valence-electron chi connectivity index (χ3n) is 14.8. The van der Waals surface area contributed by atoms with Crippen molar-refractivity contribution in [3.63, 3.8) is 0 Å². The van der Waals surface area contributed by atoms with Gasteiger partial charge in [0.2, 0.25) is 0 Å². The zero-order chi connectivity index (χ0) is 44.2. The molecule has 67 heavy (non-hydrogen) atoms. The summed E-state index contributed by atoms with van der Waals surface area (Å²) < 4.78 is 2.27. The van der Waals surface area contributed by atoms with Crippen molar-refractivity contribution in [2.24, 2.45) is 0 Å². The molecule has 2 nitrogen and oxygen atoms in total. The summed E-state index contributed by atoms with van der Waals surface area (Å²) >= 11 is 0. The Morgan fingerprint density at radius 3 is 1.69 bits per heavy atom. The van der Waals surface area contributed by atoms with Gasteiger partial charge in [0.15, 0.2) is 0 Å². The van der Waals surface area contributed by atoms with Gasteiger partial charge in [-0.15, -0.1) is 0 Å². The average Bonchev–Trinajstić information content (AvgIpc) is 3.91. The highest BCUT2D eigenvalue weighted by Crippen LogP contribution is 2.57. The highest BCUT2D eigenvalue weighted by Gasteiger charge is 2.42. The van der Waals surface area contributed by atoms with Gasteiger partial charge in [-0.1, -0.05) is 188 Å². The predicted molar refractivity (Wildman–Crippen MR) is 280 cm³/mol. The Morgan fingerprint density at radius 1 is 0.343 bits per heavy atom. The van der Waals surface area contributed by atoms with E-state index in [-0.39, 0.29) is 5.41 Å². The first-order chi connectivity index (χ1) is 33.1. The topological polar surface area (TPSA) is 17.8 Å². The van der Waals surface area contributed by atoms with Gasteiger partial charge in [-0.2, -0.15) is 0 Å². The largest absolute Gasteiger partial charge is 0.292 e. The first kappa shape index (κ1) is 37.8. The summed E-state index contributed by atoms with van der Waals surface area (Å²) in [6.45, 7) is 2.44. The van der Waals surface area contributed by atoms with Gasteiger partial charge in [0, 0.05) is 16.7 Å². The van der Waals surface area contributed by atoms with Gasteiger partial charge in [0.25, 0.3) is 0 Å². The van der Waals surface area contributed by atoms with Crippen LogP contribution < -0.4 is 0 Å². The fraction of sp³-hybridized carbons (Fsp3) is 0.0308. The lowest BCUT2D eigenvalue weighted by Crippen LogP contribution is -2.22. The van der Waals surface area contributed by atoms with Crippen molar-refractivity contribution in [3.05, 3.63) is 253 Å². The fourth-order valence-corrected chi connectivity index (χ4v) is 11.7. The lowest BCUT2D eigenvalue weighted by Gasteiger charge is -2.31. The standard InChI is InChI=1S/C65H42N2/c1-65-46-20-16-19-45(37-46)49-24-9-11-27-52(49)63-55-38-44(41-31-33-43(34-32-41)64-66-60-29-14-15-30-61(60)67(64)47-21-6-3-7-22-47)35-36-53(55)62(51-26-10-8-23-48(51)42-17-4-2-5-18-42)56-39-54(59(65)40-57(56)63)50-25-12-13-28-58(50)65/h2-40H,1H3. The van der Waals surface area contributed by atoms with Crippen molar-refractivity contribution in [1.82, 2.24) is 9.55 Å². The molecule has 2 heteroatoms. The van der Waals surface area contributed by atoms with E-state index in [1.54, 1.807) is 0 Å². The molecule has 312 valence electrons. The molecule has 0 aliphatic heterocycles. The Labute approximate surface area is 389 Å². The lowest BCUT2D eigenvalue weighted by molar-refractivity contribution is 0.715. The lowest BCUT2D eigenvalue weighted by atomic mass is 9.71.